The highest BCUT2D eigenvalue weighted by Crippen LogP contribution is 2.17. The first-order valence-corrected chi connectivity index (χ1v) is 9.71. The Kier molecular flexibility index (Phi) is 9.21. The largest absolute Gasteiger partial charge is 0.493 e. The highest BCUT2D eigenvalue weighted by Gasteiger charge is 2.11. The number of carbonyl (C=O) groups excluding carboxylic acids is 3. The molecule has 0 fully saturated rings. The zero-order valence-corrected chi connectivity index (χ0v) is 16.6. The molecule has 0 bridgehead atoms. The van der Waals surface area contributed by atoms with Gasteiger partial charge in [0.15, 0.2) is 0 Å². The van der Waals surface area contributed by atoms with E-state index in [1.54, 1.807) is 42.5 Å². The molecule has 3 amide bonds. The summed E-state index contributed by atoms with van der Waals surface area (Å²) in [6.07, 6.45) is 0.810. The number of hydrogen-bond donors (Lipinski definition) is 3. The van der Waals surface area contributed by atoms with Gasteiger partial charge in [0.2, 0.25) is 5.91 Å². The molecule has 154 valence electrons. The molecule has 29 heavy (non-hydrogen) atoms. The lowest BCUT2D eigenvalue weighted by molar-refractivity contribution is -0.121. The minimum absolute atomic E-state index is 0.122. The Balaban J connectivity index is 1.59. The van der Waals surface area contributed by atoms with E-state index in [1.807, 2.05) is 19.1 Å². The van der Waals surface area contributed by atoms with Crippen molar-refractivity contribution >= 4 is 17.7 Å². The van der Waals surface area contributed by atoms with Crippen molar-refractivity contribution < 1.29 is 19.1 Å². The third kappa shape index (κ3) is 7.65. The highest BCUT2D eigenvalue weighted by molar-refractivity contribution is 5.97. The van der Waals surface area contributed by atoms with E-state index in [1.165, 1.54) is 0 Å². The fraction of sp³-hybridized carbons (Fsp3) is 0.318. The van der Waals surface area contributed by atoms with E-state index in [4.69, 9.17) is 4.74 Å². The minimum atomic E-state index is -0.224. The summed E-state index contributed by atoms with van der Waals surface area (Å²) in [5, 5.41) is 8.29. The highest BCUT2D eigenvalue weighted by atomic mass is 16.5. The van der Waals surface area contributed by atoms with Crippen LogP contribution >= 0.6 is 0 Å². The molecule has 7 nitrogen and oxygen atoms in total. The maximum atomic E-state index is 12.2. The first kappa shape index (κ1) is 21.9. The molecule has 0 aliphatic heterocycles. The summed E-state index contributed by atoms with van der Waals surface area (Å²) in [6, 6.07) is 16.0. The van der Waals surface area contributed by atoms with Gasteiger partial charge in [0.25, 0.3) is 11.8 Å². The van der Waals surface area contributed by atoms with Crippen LogP contribution in [0.25, 0.3) is 0 Å². The van der Waals surface area contributed by atoms with Crippen molar-refractivity contribution in [2.45, 2.75) is 19.8 Å². The fourth-order valence-corrected chi connectivity index (χ4v) is 2.64. The van der Waals surface area contributed by atoms with Crippen LogP contribution in [-0.4, -0.2) is 44.0 Å². The van der Waals surface area contributed by atoms with Gasteiger partial charge in [0.05, 0.1) is 12.2 Å². The van der Waals surface area contributed by atoms with Gasteiger partial charge >= 0.3 is 0 Å². The second kappa shape index (κ2) is 12.2. The van der Waals surface area contributed by atoms with Crippen molar-refractivity contribution in [1.82, 2.24) is 16.0 Å². The lowest BCUT2D eigenvalue weighted by Crippen LogP contribution is -2.35. The summed E-state index contributed by atoms with van der Waals surface area (Å²) in [6.45, 7) is 3.43. The van der Waals surface area contributed by atoms with Gasteiger partial charge in [0.1, 0.15) is 5.75 Å². The van der Waals surface area contributed by atoms with Gasteiger partial charge in [-0.1, -0.05) is 30.3 Å². The monoisotopic (exact) mass is 397 g/mol. The summed E-state index contributed by atoms with van der Waals surface area (Å²) in [7, 11) is 0. The predicted octanol–water partition coefficient (Wildman–Crippen LogP) is 2.14. The number of benzene rings is 2. The Morgan fingerprint density at radius 2 is 1.45 bits per heavy atom. The number of para-hydroxylation sites is 1. The third-order valence-electron chi connectivity index (χ3n) is 4.07. The van der Waals surface area contributed by atoms with Gasteiger partial charge in [-0.05, 0) is 37.6 Å². The fourth-order valence-electron chi connectivity index (χ4n) is 2.64. The van der Waals surface area contributed by atoms with Gasteiger partial charge in [-0.15, -0.1) is 0 Å². The topological polar surface area (TPSA) is 96.5 Å². The molecule has 0 saturated heterocycles. The molecule has 0 aromatic heterocycles. The summed E-state index contributed by atoms with van der Waals surface area (Å²) in [5.41, 5.74) is 1.06. The molecule has 0 saturated carbocycles. The van der Waals surface area contributed by atoms with Gasteiger partial charge in [0, 0.05) is 31.6 Å². The normalized spacial score (nSPS) is 10.1. The van der Waals surface area contributed by atoms with E-state index in [9.17, 15) is 14.4 Å². The van der Waals surface area contributed by atoms with Crippen LogP contribution in [0.5, 0.6) is 5.75 Å². The SMILES string of the molecule is CCOc1ccccc1C(=O)NCCCC(=O)NCCNC(=O)c1ccccc1. The van der Waals surface area contributed by atoms with Gasteiger partial charge in [-0.25, -0.2) is 0 Å². The van der Waals surface area contributed by atoms with Crippen LogP contribution in [0, 0.1) is 0 Å². The molecule has 0 radical (unpaired) electrons. The van der Waals surface area contributed by atoms with Crippen LogP contribution in [0.2, 0.25) is 0 Å². The predicted molar refractivity (Wildman–Crippen MR) is 111 cm³/mol. The van der Waals surface area contributed by atoms with Crippen molar-refractivity contribution in [3.05, 3.63) is 65.7 Å². The number of carbonyl (C=O) groups is 3. The Bertz CT molecular complexity index is 809. The quantitative estimate of drug-likeness (QED) is 0.506. The average Bonchev–Trinajstić information content (AvgIpc) is 2.75. The molecule has 0 aliphatic carbocycles. The maximum absolute atomic E-state index is 12.2. The van der Waals surface area contributed by atoms with Crippen molar-refractivity contribution in [1.29, 1.82) is 0 Å². The van der Waals surface area contributed by atoms with E-state index in [2.05, 4.69) is 16.0 Å². The van der Waals surface area contributed by atoms with Gasteiger partial charge in [-0.2, -0.15) is 0 Å². The molecule has 0 unspecified atom stereocenters. The zero-order chi connectivity index (χ0) is 20.9. The van der Waals surface area contributed by atoms with Crippen molar-refractivity contribution in [3.63, 3.8) is 0 Å². The standard InChI is InChI=1S/C22H27N3O4/c1-2-29-19-12-7-6-11-18(19)22(28)24-14-8-13-20(26)23-15-16-25-21(27)17-9-4-3-5-10-17/h3-7,9-12H,2,8,13-16H2,1H3,(H,23,26)(H,24,28)(H,25,27). The van der Waals surface area contributed by atoms with Crippen LogP contribution in [0.3, 0.4) is 0 Å². The molecule has 7 heteroatoms. The molecule has 0 heterocycles. The number of rotatable bonds is 11. The summed E-state index contributed by atoms with van der Waals surface area (Å²) >= 11 is 0. The molecule has 2 aromatic carbocycles. The van der Waals surface area contributed by atoms with Crippen molar-refractivity contribution in [2.24, 2.45) is 0 Å². The van der Waals surface area contributed by atoms with Gasteiger partial charge in [-0.3, -0.25) is 14.4 Å². The van der Waals surface area contributed by atoms with E-state index in [0.717, 1.165) is 0 Å². The second-order valence-corrected chi connectivity index (χ2v) is 6.26. The smallest absolute Gasteiger partial charge is 0.255 e. The molecular weight excluding hydrogens is 370 g/mol. The summed E-state index contributed by atoms with van der Waals surface area (Å²) in [5.74, 6) is 0.0266. The van der Waals surface area contributed by atoms with Crippen LogP contribution < -0.4 is 20.7 Å². The summed E-state index contributed by atoms with van der Waals surface area (Å²) < 4.78 is 5.45. The molecule has 2 rings (SSSR count). The Hall–Kier alpha value is -3.35. The van der Waals surface area contributed by atoms with Crippen LogP contribution in [-0.2, 0) is 4.79 Å². The van der Waals surface area contributed by atoms with Crippen LogP contribution in [0.1, 0.15) is 40.5 Å². The van der Waals surface area contributed by atoms with Gasteiger partial charge < -0.3 is 20.7 Å². The first-order chi connectivity index (χ1) is 14.1. The van der Waals surface area contributed by atoms with E-state index in [0.29, 0.717) is 56.0 Å². The second-order valence-electron chi connectivity index (χ2n) is 6.26. The Morgan fingerprint density at radius 3 is 2.21 bits per heavy atom. The molecule has 0 aliphatic rings. The van der Waals surface area contributed by atoms with Crippen molar-refractivity contribution in [3.8, 4) is 5.75 Å². The summed E-state index contributed by atoms with van der Waals surface area (Å²) in [4.78, 5) is 36.0. The van der Waals surface area contributed by atoms with E-state index >= 15 is 0 Å². The number of amides is 3. The number of ether oxygens (including phenoxy) is 1. The minimum Gasteiger partial charge on any atom is -0.493 e. The van der Waals surface area contributed by atoms with Crippen LogP contribution in [0.15, 0.2) is 54.6 Å². The first-order valence-electron chi connectivity index (χ1n) is 9.71. The van der Waals surface area contributed by atoms with Crippen LogP contribution in [0.4, 0.5) is 0 Å². The molecule has 0 spiro atoms. The average molecular weight is 397 g/mol. The maximum Gasteiger partial charge on any atom is 0.255 e. The Morgan fingerprint density at radius 1 is 0.793 bits per heavy atom. The molecule has 2 aromatic rings. The molecule has 3 N–H and O–H groups in total. The molecular formula is C22H27N3O4. The third-order valence-corrected chi connectivity index (χ3v) is 4.07. The lowest BCUT2D eigenvalue weighted by Gasteiger charge is -2.10. The van der Waals surface area contributed by atoms with Crippen molar-refractivity contribution in [2.75, 3.05) is 26.2 Å². The Labute approximate surface area is 170 Å². The zero-order valence-electron chi connectivity index (χ0n) is 16.6. The number of hydrogen-bond acceptors (Lipinski definition) is 4. The number of nitrogens with one attached hydrogen (secondary N) is 3. The molecule has 0 atom stereocenters. The van der Waals surface area contributed by atoms with E-state index < -0.39 is 0 Å². The lowest BCUT2D eigenvalue weighted by atomic mass is 10.2. The van der Waals surface area contributed by atoms with E-state index in [-0.39, 0.29) is 17.7 Å².